The van der Waals surface area contributed by atoms with E-state index in [9.17, 15) is 0 Å². The van der Waals surface area contributed by atoms with Gasteiger partial charge >= 0.3 is 5.96 Å². The number of hydrogen-bond donors (Lipinski definition) is 3. The van der Waals surface area contributed by atoms with Gasteiger partial charge in [-0.25, -0.2) is 0 Å². The largest absolute Gasteiger partial charge is 0.338 e. The fourth-order valence-corrected chi connectivity index (χ4v) is 0.851. The van der Waals surface area contributed by atoms with Gasteiger partial charge in [0.05, 0.1) is 6.54 Å². The maximum atomic E-state index is 5.23. The quantitative estimate of drug-likeness (QED) is 0.285. The highest BCUT2D eigenvalue weighted by Gasteiger charge is 2.08. The van der Waals surface area contributed by atoms with Crippen molar-refractivity contribution in [2.24, 2.45) is 16.9 Å². The van der Waals surface area contributed by atoms with E-state index < -0.39 is 0 Å². The topological polar surface area (TPSA) is 66.0 Å². The molecule has 3 nitrogen and oxygen atoms in total. The molecule has 0 unspecified atom stereocenters. The zero-order chi connectivity index (χ0) is 8.91. The Morgan fingerprint density at radius 2 is 1.82 bits per heavy atom. The molecule has 0 aliphatic carbocycles. The van der Waals surface area contributed by atoms with Crippen LogP contribution in [0.3, 0.4) is 0 Å². The Bertz CT molecular complexity index is 129. The van der Waals surface area contributed by atoms with Crippen LogP contribution in [-0.2, 0) is 0 Å². The lowest BCUT2D eigenvalue weighted by Gasteiger charge is -2.16. The van der Waals surface area contributed by atoms with Crippen LogP contribution in [0.2, 0.25) is 0 Å². The van der Waals surface area contributed by atoms with E-state index in [0.717, 1.165) is 13.0 Å². The van der Waals surface area contributed by atoms with Gasteiger partial charge in [0.25, 0.3) is 0 Å². The third-order valence-electron chi connectivity index (χ3n) is 1.43. The van der Waals surface area contributed by atoms with Gasteiger partial charge in [-0.05, 0) is 18.3 Å². The second-order valence-corrected chi connectivity index (χ2v) is 4.05. The molecule has 0 spiro atoms. The molecule has 0 aliphatic rings. The zero-order valence-electron chi connectivity index (χ0n) is 7.78. The van der Waals surface area contributed by atoms with Crippen molar-refractivity contribution in [1.29, 1.82) is 0 Å². The molecule has 0 aromatic carbocycles. The van der Waals surface area contributed by atoms with Gasteiger partial charge in [0.15, 0.2) is 0 Å². The van der Waals surface area contributed by atoms with Crippen LogP contribution in [0.15, 0.2) is 0 Å². The maximum Gasteiger partial charge on any atom is 0.338 e. The molecule has 0 fully saturated rings. The minimum Gasteiger partial charge on any atom is -0.291 e. The molecule has 0 heterocycles. The lowest BCUT2D eigenvalue weighted by atomic mass is 9.91. The summed E-state index contributed by atoms with van der Waals surface area (Å²) < 4.78 is 0. The number of guanidine groups is 1. The van der Waals surface area contributed by atoms with Crippen LogP contribution in [0.5, 0.6) is 0 Å². The molecule has 0 saturated carbocycles. The Kier molecular flexibility index (Phi) is 3.93. The first-order valence-electron chi connectivity index (χ1n) is 4.03. The third-order valence-corrected chi connectivity index (χ3v) is 1.43. The zero-order valence-corrected chi connectivity index (χ0v) is 7.78. The SMILES string of the molecule is CC(C)(C)CCC[NH+]=C(N)N. The van der Waals surface area contributed by atoms with Crippen LogP contribution in [-0.4, -0.2) is 12.5 Å². The predicted octanol–water partition coefficient (Wildman–Crippen LogP) is -0.833. The van der Waals surface area contributed by atoms with Crippen molar-refractivity contribution in [3.05, 3.63) is 0 Å². The molecule has 11 heavy (non-hydrogen) atoms. The van der Waals surface area contributed by atoms with Gasteiger partial charge in [-0.15, -0.1) is 0 Å². The second kappa shape index (κ2) is 4.21. The first-order chi connectivity index (χ1) is 4.92. The molecule has 0 bridgehead atoms. The summed E-state index contributed by atoms with van der Waals surface area (Å²) in [6, 6.07) is 0. The van der Waals surface area contributed by atoms with E-state index >= 15 is 0 Å². The molecule has 0 radical (unpaired) electrons. The van der Waals surface area contributed by atoms with Crippen LogP contribution in [0.25, 0.3) is 0 Å². The van der Waals surface area contributed by atoms with Crippen LogP contribution >= 0.6 is 0 Å². The fraction of sp³-hybridized carbons (Fsp3) is 0.875. The van der Waals surface area contributed by atoms with Gasteiger partial charge < -0.3 is 0 Å². The van der Waals surface area contributed by atoms with E-state index in [-0.39, 0.29) is 0 Å². The van der Waals surface area contributed by atoms with E-state index in [1.165, 1.54) is 6.42 Å². The molecule has 0 amide bonds. The van der Waals surface area contributed by atoms with Crippen molar-refractivity contribution in [3.8, 4) is 0 Å². The molecule has 0 aliphatic heterocycles. The lowest BCUT2D eigenvalue weighted by molar-refractivity contribution is -0.460. The van der Waals surface area contributed by atoms with E-state index in [1.54, 1.807) is 0 Å². The van der Waals surface area contributed by atoms with Gasteiger partial charge in [-0.2, -0.15) is 0 Å². The average molecular weight is 158 g/mol. The normalized spacial score (nSPS) is 11.2. The summed E-state index contributed by atoms with van der Waals surface area (Å²) in [4.78, 5) is 2.89. The van der Waals surface area contributed by atoms with Gasteiger partial charge in [0.2, 0.25) is 0 Å². The van der Waals surface area contributed by atoms with E-state index in [0.29, 0.717) is 11.4 Å². The molecule has 5 N–H and O–H groups in total. The Balaban J connectivity index is 3.36. The fourth-order valence-electron chi connectivity index (χ4n) is 0.851. The highest BCUT2D eigenvalue weighted by atomic mass is 15.0. The molecule has 0 atom stereocenters. The molecular formula is C8H20N3+. The van der Waals surface area contributed by atoms with E-state index in [1.807, 2.05) is 0 Å². The first kappa shape index (κ1) is 10.3. The van der Waals surface area contributed by atoms with Crippen molar-refractivity contribution in [3.63, 3.8) is 0 Å². The smallest absolute Gasteiger partial charge is 0.291 e. The number of hydrogen-bond acceptors (Lipinski definition) is 0. The van der Waals surface area contributed by atoms with Crippen LogP contribution in [0.4, 0.5) is 0 Å². The third kappa shape index (κ3) is 9.27. The highest BCUT2D eigenvalue weighted by Crippen LogP contribution is 2.19. The summed E-state index contributed by atoms with van der Waals surface area (Å²) in [5.74, 6) is 0.318. The average Bonchev–Trinajstić information content (AvgIpc) is 1.78. The number of rotatable bonds is 3. The van der Waals surface area contributed by atoms with E-state index in [4.69, 9.17) is 11.5 Å². The Morgan fingerprint density at radius 3 is 2.18 bits per heavy atom. The molecule has 0 aromatic rings. The summed E-state index contributed by atoms with van der Waals surface area (Å²) in [5, 5.41) is 0. The molecule has 0 saturated heterocycles. The van der Waals surface area contributed by atoms with Gasteiger partial charge in [-0.3, -0.25) is 16.5 Å². The predicted molar refractivity (Wildman–Crippen MR) is 47.9 cm³/mol. The number of nitrogens with one attached hydrogen (secondary N) is 1. The highest BCUT2D eigenvalue weighted by molar-refractivity contribution is 5.69. The van der Waals surface area contributed by atoms with Crippen molar-refractivity contribution >= 4 is 5.96 Å². The van der Waals surface area contributed by atoms with Crippen molar-refractivity contribution in [1.82, 2.24) is 0 Å². The van der Waals surface area contributed by atoms with Gasteiger partial charge in [0, 0.05) is 0 Å². The molecular weight excluding hydrogens is 138 g/mol. The van der Waals surface area contributed by atoms with Crippen molar-refractivity contribution < 1.29 is 4.99 Å². The minimum absolute atomic E-state index is 0.318. The standard InChI is InChI=1S/C8H19N3/c1-8(2,3)5-4-6-11-7(9)10/h4-6H2,1-3H3,(H4,9,10,11)/p+1. The summed E-state index contributed by atoms with van der Waals surface area (Å²) in [5.41, 5.74) is 10.9. The van der Waals surface area contributed by atoms with Crippen LogP contribution < -0.4 is 16.5 Å². The molecule has 0 aromatic heterocycles. The maximum absolute atomic E-state index is 5.23. The lowest BCUT2D eigenvalue weighted by Crippen LogP contribution is -2.78. The van der Waals surface area contributed by atoms with E-state index in [2.05, 4.69) is 25.8 Å². The first-order valence-corrected chi connectivity index (χ1v) is 4.03. The number of nitrogens with two attached hydrogens (primary N) is 2. The summed E-state index contributed by atoms with van der Waals surface area (Å²) in [7, 11) is 0. The van der Waals surface area contributed by atoms with Crippen LogP contribution in [0.1, 0.15) is 33.6 Å². The molecule has 3 heteroatoms. The van der Waals surface area contributed by atoms with Gasteiger partial charge in [-0.1, -0.05) is 20.8 Å². The summed E-state index contributed by atoms with van der Waals surface area (Å²) in [6.45, 7) is 7.55. The molecule has 0 rings (SSSR count). The Morgan fingerprint density at radius 1 is 1.27 bits per heavy atom. The monoisotopic (exact) mass is 158 g/mol. The summed E-state index contributed by atoms with van der Waals surface area (Å²) in [6.07, 6.45) is 2.30. The molecule has 66 valence electrons. The van der Waals surface area contributed by atoms with Crippen molar-refractivity contribution in [2.45, 2.75) is 33.6 Å². The Hall–Kier alpha value is -0.730. The van der Waals surface area contributed by atoms with Gasteiger partial charge in [0.1, 0.15) is 0 Å². The minimum atomic E-state index is 0.318. The van der Waals surface area contributed by atoms with Crippen LogP contribution in [0, 0.1) is 5.41 Å². The summed E-state index contributed by atoms with van der Waals surface area (Å²) >= 11 is 0. The van der Waals surface area contributed by atoms with Crippen molar-refractivity contribution in [2.75, 3.05) is 6.54 Å². The Labute approximate surface area is 68.9 Å². The second-order valence-electron chi connectivity index (χ2n) is 4.05.